The average Bonchev–Trinajstić information content (AvgIpc) is 3.19. The van der Waals surface area contributed by atoms with Gasteiger partial charge in [-0.1, -0.05) is 30.3 Å². The molecule has 0 amide bonds. The first-order chi connectivity index (χ1) is 13.9. The molecule has 0 radical (unpaired) electrons. The molecule has 1 N–H and O–H groups in total. The Balaban J connectivity index is 1.79. The molecule has 0 saturated carbocycles. The lowest BCUT2D eigenvalue weighted by molar-refractivity contribution is 0.0697. The van der Waals surface area contributed by atoms with Crippen LogP contribution in [0.2, 0.25) is 0 Å². The molecule has 0 aliphatic carbocycles. The summed E-state index contributed by atoms with van der Waals surface area (Å²) in [7, 11) is -2.22. The van der Waals surface area contributed by atoms with Gasteiger partial charge >= 0.3 is 5.97 Å². The zero-order chi connectivity index (χ0) is 20.6. The molecule has 0 aromatic heterocycles. The predicted octanol–water partition coefficient (Wildman–Crippen LogP) is 3.81. The third-order valence-electron chi connectivity index (χ3n) is 5.04. The summed E-state index contributed by atoms with van der Waals surface area (Å²) < 4.78 is 33.2. The Labute approximate surface area is 169 Å². The lowest BCUT2D eigenvalue weighted by Crippen LogP contribution is -2.29. The number of carbonyl (C=O) groups is 1. The standard InChI is InChI=1S/C22H19NO5S/c1-28-18-9-11-19(12-10-18)29(26,27)23-14-13-16-3-2-4-20(21(16)23)15-5-7-17(8-6-15)22(24)25/h2-12H,13-14H2,1H3,(H,24,25). The molecule has 3 aromatic rings. The summed E-state index contributed by atoms with van der Waals surface area (Å²) in [6.45, 7) is 0.355. The van der Waals surface area contributed by atoms with E-state index in [0.717, 1.165) is 16.7 Å². The highest BCUT2D eigenvalue weighted by Crippen LogP contribution is 2.41. The predicted molar refractivity (Wildman–Crippen MR) is 110 cm³/mol. The van der Waals surface area contributed by atoms with Gasteiger partial charge in [0.05, 0.1) is 23.3 Å². The van der Waals surface area contributed by atoms with Crippen molar-refractivity contribution in [2.45, 2.75) is 11.3 Å². The Kier molecular flexibility index (Phi) is 4.76. The maximum Gasteiger partial charge on any atom is 0.335 e. The zero-order valence-corrected chi connectivity index (χ0v) is 16.5. The molecule has 1 aliphatic rings. The van der Waals surface area contributed by atoms with Crippen molar-refractivity contribution < 1.29 is 23.1 Å². The smallest absolute Gasteiger partial charge is 0.335 e. The summed E-state index contributed by atoms with van der Waals surface area (Å²) in [6.07, 6.45) is 0.617. The normalized spacial score (nSPS) is 13.2. The quantitative estimate of drug-likeness (QED) is 0.693. The number of rotatable bonds is 5. The van der Waals surface area contributed by atoms with Gasteiger partial charge in [0.15, 0.2) is 0 Å². The maximum atomic E-state index is 13.3. The van der Waals surface area contributed by atoms with Crippen LogP contribution in [0.15, 0.2) is 71.6 Å². The van der Waals surface area contributed by atoms with Crippen LogP contribution >= 0.6 is 0 Å². The van der Waals surface area contributed by atoms with Gasteiger partial charge in [-0.2, -0.15) is 0 Å². The van der Waals surface area contributed by atoms with E-state index in [1.807, 2.05) is 18.2 Å². The van der Waals surface area contributed by atoms with E-state index < -0.39 is 16.0 Å². The second kappa shape index (κ2) is 7.25. The van der Waals surface area contributed by atoms with Crippen LogP contribution in [-0.4, -0.2) is 33.1 Å². The van der Waals surface area contributed by atoms with Crippen LogP contribution in [0.4, 0.5) is 5.69 Å². The number of sulfonamides is 1. The number of carboxylic acids is 1. The number of aromatic carboxylic acids is 1. The van der Waals surface area contributed by atoms with Crippen LogP contribution < -0.4 is 9.04 Å². The Hall–Kier alpha value is -3.32. The second-order valence-electron chi connectivity index (χ2n) is 6.70. The number of hydrogen-bond donors (Lipinski definition) is 1. The first-order valence-corrected chi connectivity index (χ1v) is 10.5. The lowest BCUT2D eigenvalue weighted by atomic mass is 9.99. The van der Waals surface area contributed by atoms with Gasteiger partial charge in [0, 0.05) is 12.1 Å². The first kappa shape index (κ1) is 19.0. The lowest BCUT2D eigenvalue weighted by Gasteiger charge is -2.22. The molecule has 3 aromatic carbocycles. The van der Waals surface area contributed by atoms with E-state index in [2.05, 4.69) is 0 Å². The van der Waals surface area contributed by atoms with Gasteiger partial charge in [-0.05, 0) is 53.9 Å². The second-order valence-corrected chi connectivity index (χ2v) is 8.56. The minimum Gasteiger partial charge on any atom is -0.497 e. The van der Waals surface area contributed by atoms with Gasteiger partial charge in [0.25, 0.3) is 10.0 Å². The first-order valence-electron chi connectivity index (χ1n) is 9.04. The number of nitrogens with zero attached hydrogens (tertiary/aromatic N) is 1. The van der Waals surface area contributed by atoms with E-state index in [1.54, 1.807) is 24.3 Å². The van der Waals surface area contributed by atoms with Crippen LogP contribution in [0.3, 0.4) is 0 Å². The molecule has 0 atom stereocenters. The number of anilines is 1. The van der Waals surface area contributed by atoms with Crippen LogP contribution in [0, 0.1) is 0 Å². The third-order valence-corrected chi connectivity index (χ3v) is 6.86. The highest BCUT2D eigenvalue weighted by atomic mass is 32.2. The van der Waals surface area contributed by atoms with Crippen molar-refractivity contribution in [2.24, 2.45) is 0 Å². The molecule has 0 fully saturated rings. The van der Waals surface area contributed by atoms with Crippen molar-refractivity contribution in [3.8, 4) is 16.9 Å². The number of ether oxygens (including phenoxy) is 1. The summed E-state index contributed by atoms with van der Waals surface area (Å²) in [5, 5.41) is 9.12. The summed E-state index contributed by atoms with van der Waals surface area (Å²) in [4.78, 5) is 11.3. The molecule has 1 aliphatic heterocycles. The van der Waals surface area contributed by atoms with E-state index in [0.29, 0.717) is 24.4 Å². The Bertz CT molecular complexity index is 1170. The van der Waals surface area contributed by atoms with Gasteiger partial charge in [-0.3, -0.25) is 4.31 Å². The van der Waals surface area contributed by atoms with Gasteiger partial charge in [-0.15, -0.1) is 0 Å². The molecule has 1 heterocycles. The Morgan fingerprint density at radius 2 is 1.69 bits per heavy atom. The van der Waals surface area contributed by atoms with Crippen molar-refractivity contribution in [1.29, 1.82) is 0 Å². The largest absolute Gasteiger partial charge is 0.497 e. The zero-order valence-electron chi connectivity index (χ0n) is 15.7. The van der Waals surface area contributed by atoms with Crippen LogP contribution in [0.5, 0.6) is 5.75 Å². The molecule has 0 bridgehead atoms. The number of benzene rings is 3. The van der Waals surface area contributed by atoms with Crippen molar-refractivity contribution in [3.63, 3.8) is 0 Å². The Morgan fingerprint density at radius 3 is 2.31 bits per heavy atom. The molecular weight excluding hydrogens is 390 g/mol. The molecular formula is C22H19NO5S. The van der Waals surface area contributed by atoms with E-state index >= 15 is 0 Å². The highest BCUT2D eigenvalue weighted by Gasteiger charge is 2.33. The SMILES string of the molecule is COc1ccc(S(=O)(=O)N2CCc3cccc(-c4ccc(C(=O)O)cc4)c32)cc1. The van der Waals surface area contributed by atoms with Crippen LogP contribution in [-0.2, 0) is 16.4 Å². The molecule has 0 unspecified atom stereocenters. The summed E-state index contributed by atoms with van der Waals surface area (Å²) in [6, 6.07) is 18.5. The molecule has 4 rings (SSSR count). The number of methoxy groups -OCH3 is 1. The van der Waals surface area contributed by atoms with Crippen molar-refractivity contribution in [2.75, 3.05) is 18.0 Å². The molecule has 6 nitrogen and oxygen atoms in total. The fourth-order valence-corrected chi connectivity index (χ4v) is 5.08. The fraction of sp³-hybridized carbons (Fsp3) is 0.136. The van der Waals surface area contributed by atoms with Crippen molar-refractivity contribution in [1.82, 2.24) is 0 Å². The topological polar surface area (TPSA) is 83.9 Å². The molecule has 0 saturated heterocycles. The number of fused-ring (bicyclic) bond motifs is 1. The van der Waals surface area contributed by atoms with Gasteiger partial charge in [0.1, 0.15) is 5.75 Å². The van der Waals surface area contributed by atoms with Gasteiger partial charge in [-0.25, -0.2) is 13.2 Å². The highest BCUT2D eigenvalue weighted by molar-refractivity contribution is 7.92. The van der Waals surface area contributed by atoms with Gasteiger partial charge < -0.3 is 9.84 Å². The third kappa shape index (κ3) is 3.34. The molecule has 148 valence electrons. The molecule has 7 heteroatoms. The molecule has 29 heavy (non-hydrogen) atoms. The summed E-state index contributed by atoms with van der Waals surface area (Å²) in [5.74, 6) is -0.413. The number of hydrogen-bond acceptors (Lipinski definition) is 4. The minimum absolute atomic E-state index is 0.184. The maximum absolute atomic E-state index is 13.3. The van der Waals surface area contributed by atoms with Crippen LogP contribution in [0.1, 0.15) is 15.9 Å². The van der Waals surface area contributed by atoms with E-state index in [9.17, 15) is 13.2 Å². The van der Waals surface area contributed by atoms with E-state index in [-0.39, 0.29) is 10.5 Å². The molecule has 0 spiro atoms. The average molecular weight is 409 g/mol. The van der Waals surface area contributed by atoms with E-state index in [4.69, 9.17) is 9.84 Å². The summed E-state index contributed by atoms with van der Waals surface area (Å²) in [5.41, 5.74) is 3.30. The monoisotopic (exact) mass is 409 g/mol. The number of para-hydroxylation sites is 1. The van der Waals surface area contributed by atoms with Crippen molar-refractivity contribution >= 4 is 21.7 Å². The Morgan fingerprint density at radius 1 is 1.00 bits per heavy atom. The summed E-state index contributed by atoms with van der Waals surface area (Å²) >= 11 is 0. The van der Waals surface area contributed by atoms with Gasteiger partial charge in [0.2, 0.25) is 0 Å². The minimum atomic E-state index is -3.75. The fourth-order valence-electron chi connectivity index (χ4n) is 3.56. The van der Waals surface area contributed by atoms with Crippen molar-refractivity contribution in [3.05, 3.63) is 77.9 Å². The van der Waals surface area contributed by atoms with Crippen LogP contribution in [0.25, 0.3) is 11.1 Å². The number of carboxylic acid groups (broad SMARTS) is 1. The van der Waals surface area contributed by atoms with E-state index in [1.165, 1.54) is 35.7 Å².